The summed E-state index contributed by atoms with van der Waals surface area (Å²) in [5, 5.41) is 6.97. The van der Waals surface area contributed by atoms with E-state index in [1.807, 2.05) is 14.0 Å². The molecule has 2 heterocycles. The second kappa shape index (κ2) is 13.4. The Morgan fingerprint density at radius 1 is 1.18 bits per heavy atom. The van der Waals surface area contributed by atoms with Crippen LogP contribution in [-0.2, 0) is 4.74 Å². The number of nitrogens with one attached hydrogen (secondary N) is 2. The van der Waals surface area contributed by atoms with Gasteiger partial charge in [-0.3, -0.25) is 4.99 Å². The van der Waals surface area contributed by atoms with Gasteiger partial charge in [-0.2, -0.15) is 0 Å². The molecule has 8 nitrogen and oxygen atoms in total. The van der Waals surface area contributed by atoms with Crippen LogP contribution in [0.2, 0.25) is 0 Å². The summed E-state index contributed by atoms with van der Waals surface area (Å²) in [7, 11) is 4.00. The molecule has 9 heteroatoms. The molecule has 164 valence electrons. The van der Waals surface area contributed by atoms with E-state index in [9.17, 15) is 4.79 Å². The number of rotatable bonds is 6. The van der Waals surface area contributed by atoms with Gasteiger partial charge < -0.3 is 30.1 Å². The lowest BCUT2D eigenvalue weighted by Gasteiger charge is -2.34. The summed E-state index contributed by atoms with van der Waals surface area (Å²) < 4.78 is 5.08. The van der Waals surface area contributed by atoms with Crippen LogP contribution in [0.1, 0.15) is 26.7 Å². The summed E-state index contributed by atoms with van der Waals surface area (Å²) in [5.41, 5.74) is 0. The first-order valence-corrected chi connectivity index (χ1v) is 10.3. The highest BCUT2D eigenvalue weighted by Gasteiger charge is 2.24. The molecule has 0 aromatic heterocycles. The number of piperazine rings is 1. The average molecular weight is 510 g/mol. The Morgan fingerprint density at radius 3 is 2.39 bits per heavy atom. The summed E-state index contributed by atoms with van der Waals surface area (Å²) in [4.78, 5) is 22.9. The normalized spacial score (nSPS) is 21.0. The molecule has 0 bridgehead atoms. The van der Waals surface area contributed by atoms with E-state index in [4.69, 9.17) is 4.74 Å². The number of hydrogen-bond acceptors (Lipinski definition) is 5. The molecule has 28 heavy (non-hydrogen) atoms. The van der Waals surface area contributed by atoms with Gasteiger partial charge in [0, 0.05) is 65.4 Å². The topological polar surface area (TPSA) is 72.4 Å². The lowest BCUT2D eigenvalue weighted by molar-refractivity contribution is 0.0963. The van der Waals surface area contributed by atoms with E-state index < -0.39 is 0 Å². The van der Waals surface area contributed by atoms with Gasteiger partial charge >= 0.3 is 6.09 Å². The molecule has 2 saturated heterocycles. The van der Waals surface area contributed by atoms with Gasteiger partial charge in [-0.05, 0) is 32.7 Å². The van der Waals surface area contributed by atoms with Gasteiger partial charge in [0.15, 0.2) is 5.96 Å². The van der Waals surface area contributed by atoms with Crippen LogP contribution in [0.15, 0.2) is 4.99 Å². The lowest BCUT2D eigenvalue weighted by atomic mass is 10.1. The number of carbonyl (C=O) groups is 1. The molecule has 0 spiro atoms. The van der Waals surface area contributed by atoms with Crippen molar-refractivity contribution in [1.82, 2.24) is 25.3 Å². The molecule has 1 unspecified atom stereocenters. The van der Waals surface area contributed by atoms with Crippen LogP contribution in [0.25, 0.3) is 0 Å². The van der Waals surface area contributed by atoms with Crippen molar-refractivity contribution < 1.29 is 9.53 Å². The number of aliphatic imine (C=N–C) groups is 1. The van der Waals surface area contributed by atoms with Crippen LogP contribution in [0, 0.1) is 5.92 Å². The minimum atomic E-state index is -0.198. The van der Waals surface area contributed by atoms with E-state index in [1.165, 1.54) is 0 Å². The van der Waals surface area contributed by atoms with E-state index in [2.05, 4.69) is 39.4 Å². The number of guanidine groups is 1. The number of amides is 1. The number of nitrogens with zero attached hydrogens (tertiary/aromatic N) is 4. The fourth-order valence-electron chi connectivity index (χ4n) is 3.62. The number of carbonyl (C=O) groups excluding carboxylic acids is 1. The quantitative estimate of drug-likeness (QED) is 0.319. The van der Waals surface area contributed by atoms with Crippen LogP contribution in [0.4, 0.5) is 4.79 Å². The van der Waals surface area contributed by atoms with Crippen molar-refractivity contribution in [2.45, 2.75) is 32.7 Å². The zero-order valence-corrected chi connectivity index (χ0v) is 20.3. The fraction of sp³-hybridized carbons (Fsp3) is 0.895. The van der Waals surface area contributed by atoms with Crippen molar-refractivity contribution in [3.63, 3.8) is 0 Å². The third kappa shape index (κ3) is 8.69. The molecule has 0 aromatic rings. The number of likely N-dealkylation sites (N-methyl/N-ethyl adjacent to an activating group) is 1. The van der Waals surface area contributed by atoms with Gasteiger partial charge in [-0.25, -0.2) is 4.79 Å². The van der Waals surface area contributed by atoms with E-state index in [1.54, 1.807) is 4.90 Å². The molecule has 0 saturated carbocycles. The SMILES string of the molecule is CCOC(=O)N1CCC(NC(=NC)NCC(C)CN2CCN(C)CC2)CC1.I. The summed E-state index contributed by atoms with van der Waals surface area (Å²) in [5.74, 6) is 1.42. The zero-order valence-electron chi connectivity index (χ0n) is 17.9. The predicted molar refractivity (Wildman–Crippen MR) is 125 cm³/mol. The van der Waals surface area contributed by atoms with Crippen LogP contribution >= 0.6 is 24.0 Å². The van der Waals surface area contributed by atoms with Crippen molar-refractivity contribution in [1.29, 1.82) is 0 Å². The Morgan fingerprint density at radius 2 is 1.82 bits per heavy atom. The number of hydrogen-bond donors (Lipinski definition) is 2. The standard InChI is InChI=1S/C19H38N6O2.HI/c1-5-27-19(26)25-8-6-17(7-9-25)22-18(20-3)21-14-16(2)15-24-12-10-23(4)11-13-24;/h16-17H,5-15H2,1-4H3,(H2,20,21,22);1H. The third-order valence-electron chi connectivity index (χ3n) is 5.37. The smallest absolute Gasteiger partial charge is 0.409 e. The van der Waals surface area contributed by atoms with Crippen LogP contribution in [0.5, 0.6) is 0 Å². The Hall–Kier alpha value is -0.810. The Kier molecular flexibility index (Phi) is 12.1. The maximum atomic E-state index is 11.8. The van der Waals surface area contributed by atoms with Crippen molar-refractivity contribution in [3.05, 3.63) is 0 Å². The maximum Gasteiger partial charge on any atom is 0.409 e. The minimum Gasteiger partial charge on any atom is -0.450 e. The molecular weight excluding hydrogens is 471 g/mol. The van der Waals surface area contributed by atoms with E-state index in [0.29, 0.717) is 18.6 Å². The first-order chi connectivity index (χ1) is 13.0. The van der Waals surface area contributed by atoms with E-state index in [0.717, 1.165) is 71.2 Å². The van der Waals surface area contributed by atoms with Gasteiger partial charge in [0.1, 0.15) is 0 Å². The molecule has 2 aliphatic rings. The van der Waals surface area contributed by atoms with Crippen molar-refractivity contribution in [2.75, 3.05) is 73.1 Å². The fourth-order valence-corrected chi connectivity index (χ4v) is 3.62. The molecule has 0 aromatic carbocycles. The summed E-state index contributed by atoms with van der Waals surface area (Å²) in [6, 6.07) is 0.342. The molecular formula is C19H39IN6O2. The van der Waals surface area contributed by atoms with Gasteiger partial charge in [-0.1, -0.05) is 6.92 Å². The molecule has 2 fully saturated rings. The van der Waals surface area contributed by atoms with Crippen molar-refractivity contribution in [2.24, 2.45) is 10.9 Å². The highest BCUT2D eigenvalue weighted by Crippen LogP contribution is 2.11. The number of piperidine rings is 1. The molecule has 2 rings (SSSR count). The van der Waals surface area contributed by atoms with E-state index >= 15 is 0 Å². The minimum absolute atomic E-state index is 0. The summed E-state index contributed by atoms with van der Waals surface area (Å²) >= 11 is 0. The highest BCUT2D eigenvalue weighted by molar-refractivity contribution is 14.0. The molecule has 1 atom stereocenters. The lowest BCUT2D eigenvalue weighted by Crippen LogP contribution is -2.51. The van der Waals surface area contributed by atoms with Gasteiger partial charge in [0.05, 0.1) is 6.61 Å². The monoisotopic (exact) mass is 510 g/mol. The molecule has 1 amide bonds. The zero-order chi connectivity index (χ0) is 19.6. The first kappa shape index (κ1) is 25.2. The largest absolute Gasteiger partial charge is 0.450 e. The van der Waals surface area contributed by atoms with Crippen LogP contribution < -0.4 is 10.6 Å². The average Bonchev–Trinajstić information content (AvgIpc) is 2.67. The van der Waals surface area contributed by atoms with Crippen molar-refractivity contribution in [3.8, 4) is 0 Å². The summed E-state index contributed by atoms with van der Waals surface area (Å²) in [6.45, 7) is 12.7. The molecule has 2 aliphatic heterocycles. The molecule has 2 N–H and O–H groups in total. The maximum absolute atomic E-state index is 11.8. The highest BCUT2D eigenvalue weighted by atomic mass is 127. The van der Waals surface area contributed by atoms with Gasteiger partial charge in [0.25, 0.3) is 0 Å². The van der Waals surface area contributed by atoms with Crippen LogP contribution in [0.3, 0.4) is 0 Å². The first-order valence-electron chi connectivity index (χ1n) is 10.3. The van der Waals surface area contributed by atoms with E-state index in [-0.39, 0.29) is 30.1 Å². The molecule has 0 radical (unpaired) electrons. The van der Waals surface area contributed by atoms with Gasteiger partial charge in [0.2, 0.25) is 0 Å². The van der Waals surface area contributed by atoms with Crippen LogP contribution in [-0.4, -0.2) is 106 Å². The van der Waals surface area contributed by atoms with Crippen molar-refractivity contribution >= 4 is 36.0 Å². The Labute approximate surface area is 187 Å². The second-order valence-corrected chi connectivity index (χ2v) is 7.77. The number of likely N-dealkylation sites (tertiary alicyclic amines) is 1. The Bertz CT molecular complexity index is 477. The predicted octanol–water partition coefficient (Wildman–Crippen LogP) is 1.27. The molecule has 0 aliphatic carbocycles. The Balaban J connectivity index is 0.00000392. The third-order valence-corrected chi connectivity index (χ3v) is 5.37. The second-order valence-electron chi connectivity index (χ2n) is 7.77. The number of ether oxygens (including phenoxy) is 1. The van der Waals surface area contributed by atoms with Gasteiger partial charge in [-0.15, -0.1) is 24.0 Å². The number of halogens is 1. The summed E-state index contributed by atoms with van der Waals surface area (Å²) in [6.07, 6.45) is 1.63.